The van der Waals surface area contributed by atoms with Gasteiger partial charge in [0.1, 0.15) is 0 Å². The van der Waals surface area contributed by atoms with Gasteiger partial charge in [-0.05, 0) is 12.0 Å². The Bertz CT molecular complexity index is 167. The van der Waals surface area contributed by atoms with Crippen LogP contribution in [0.5, 0.6) is 0 Å². The predicted octanol–water partition coefficient (Wildman–Crippen LogP) is 0.331. The van der Waals surface area contributed by atoms with Gasteiger partial charge in [0.2, 0.25) is 5.70 Å². The Morgan fingerprint density at radius 2 is 2.00 bits per heavy atom. The van der Waals surface area contributed by atoms with E-state index in [1.165, 1.54) is 0 Å². The van der Waals surface area contributed by atoms with Crippen LogP contribution in [0.4, 0.5) is 0 Å². The maximum atomic E-state index is 10.8. The zero-order valence-corrected chi connectivity index (χ0v) is 7.44. The van der Waals surface area contributed by atoms with Crippen molar-refractivity contribution >= 4 is 5.97 Å². The SMILES string of the molecule is C=C([NH3+])C(=O)OCC(C)(C)C. The van der Waals surface area contributed by atoms with E-state index in [0.717, 1.165) is 0 Å². The molecule has 0 aliphatic carbocycles. The minimum absolute atomic E-state index is 0.00507. The molecular weight excluding hydrogens is 142 g/mol. The zero-order chi connectivity index (χ0) is 9.07. The molecule has 0 saturated carbocycles. The van der Waals surface area contributed by atoms with Gasteiger partial charge >= 0.3 is 5.97 Å². The maximum absolute atomic E-state index is 10.8. The van der Waals surface area contributed by atoms with Crippen molar-refractivity contribution in [1.82, 2.24) is 0 Å². The summed E-state index contributed by atoms with van der Waals surface area (Å²) >= 11 is 0. The monoisotopic (exact) mass is 158 g/mol. The van der Waals surface area contributed by atoms with E-state index < -0.39 is 5.97 Å². The lowest BCUT2D eigenvalue weighted by Crippen LogP contribution is -2.51. The fourth-order valence-corrected chi connectivity index (χ4v) is 0.384. The number of hydrogen-bond donors (Lipinski definition) is 1. The zero-order valence-electron chi connectivity index (χ0n) is 7.44. The van der Waals surface area contributed by atoms with E-state index in [-0.39, 0.29) is 11.1 Å². The lowest BCUT2D eigenvalue weighted by atomic mass is 9.99. The molecule has 0 aliphatic rings. The molecule has 0 aliphatic heterocycles. The third kappa shape index (κ3) is 5.61. The molecule has 0 radical (unpaired) electrons. The summed E-state index contributed by atoms with van der Waals surface area (Å²) in [6, 6.07) is 0. The molecule has 0 bridgehead atoms. The van der Waals surface area contributed by atoms with Crippen LogP contribution in [-0.2, 0) is 9.53 Å². The highest BCUT2D eigenvalue weighted by atomic mass is 16.5. The summed E-state index contributed by atoms with van der Waals surface area (Å²) in [5.74, 6) is -0.417. The molecule has 0 aromatic carbocycles. The number of esters is 1. The molecule has 3 N–H and O–H groups in total. The van der Waals surface area contributed by atoms with Gasteiger partial charge in [0.25, 0.3) is 0 Å². The van der Waals surface area contributed by atoms with Crippen LogP contribution in [0, 0.1) is 5.41 Å². The predicted molar refractivity (Wildman–Crippen MR) is 42.4 cm³/mol. The largest absolute Gasteiger partial charge is 0.458 e. The average molecular weight is 158 g/mol. The fraction of sp³-hybridized carbons (Fsp3) is 0.625. The van der Waals surface area contributed by atoms with E-state index >= 15 is 0 Å². The van der Waals surface area contributed by atoms with E-state index in [0.29, 0.717) is 6.61 Å². The third-order valence-electron chi connectivity index (χ3n) is 0.925. The molecule has 0 aromatic rings. The van der Waals surface area contributed by atoms with Crippen molar-refractivity contribution in [2.75, 3.05) is 6.61 Å². The molecule has 3 nitrogen and oxygen atoms in total. The van der Waals surface area contributed by atoms with Crippen molar-refractivity contribution < 1.29 is 15.3 Å². The van der Waals surface area contributed by atoms with Crippen LogP contribution >= 0.6 is 0 Å². The van der Waals surface area contributed by atoms with Crippen LogP contribution < -0.4 is 5.73 Å². The summed E-state index contributed by atoms with van der Waals surface area (Å²) < 4.78 is 4.87. The number of carbonyl (C=O) groups is 1. The van der Waals surface area contributed by atoms with Crippen LogP contribution in [0.25, 0.3) is 0 Å². The summed E-state index contributed by atoms with van der Waals surface area (Å²) in [6.45, 7) is 9.75. The van der Waals surface area contributed by atoms with Crippen molar-refractivity contribution in [3.05, 3.63) is 12.3 Å². The molecule has 0 atom stereocenters. The Hall–Kier alpha value is -0.830. The van der Waals surface area contributed by atoms with Crippen LogP contribution in [0.3, 0.4) is 0 Å². The molecule has 0 saturated heterocycles. The van der Waals surface area contributed by atoms with Gasteiger partial charge in [-0.1, -0.05) is 20.8 Å². The molecule has 0 unspecified atom stereocenters. The number of quaternary nitrogens is 1. The summed E-state index contributed by atoms with van der Waals surface area (Å²) in [6.07, 6.45) is 0. The Balaban J connectivity index is 3.73. The van der Waals surface area contributed by atoms with Gasteiger partial charge in [-0.25, -0.2) is 4.79 Å². The van der Waals surface area contributed by atoms with Gasteiger partial charge in [0.05, 0.1) is 6.61 Å². The lowest BCUT2D eigenvalue weighted by Gasteiger charge is -2.16. The van der Waals surface area contributed by atoms with E-state index in [1.807, 2.05) is 20.8 Å². The standard InChI is InChI=1S/C8H15NO2/c1-6(9)7(10)11-5-8(2,3)4/h1,5,9H2,2-4H3/p+1. The number of carbonyl (C=O) groups excluding carboxylic acids is 1. The first-order valence-corrected chi connectivity index (χ1v) is 3.51. The first-order chi connectivity index (χ1) is 4.83. The van der Waals surface area contributed by atoms with Crippen molar-refractivity contribution in [3.63, 3.8) is 0 Å². The van der Waals surface area contributed by atoms with Crippen molar-refractivity contribution in [2.24, 2.45) is 5.41 Å². The first kappa shape index (κ1) is 10.2. The third-order valence-corrected chi connectivity index (χ3v) is 0.925. The second-order valence-corrected chi connectivity index (χ2v) is 3.74. The average Bonchev–Trinajstić information content (AvgIpc) is 1.80. The Morgan fingerprint density at radius 3 is 2.27 bits per heavy atom. The molecule has 0 spiro atoms. The minimum atomic E-state index is -0.417. The Labute approximate surface area is 67.2 Å². The number of ether oxygens (including phenoxy) is 1. The van der Waals surface area contributed by atoms with Crippen LogP contribution in [0.15, 0.2) is 12.3 Å². The summed E-state index contributed by atoms with van der Waals surface area (Å²) in [5.41, 5.74) is 3.58. The van der Waals surface area contributed by atoms with Crippen LogP contribution in [-0.4, -0.2) is 12.6 Å². The highest BCUT2D eigenvalue weighted by Gasteiger charge is 2.15. The van der Waals surface area contributed by atoms with Gasteiger partial charge in [-0.2, -0.15) is 0 Å². The van der Waals surface area contributed by atoms with Crippen molar-refractivity contribution in [1.29, 1.82) is 0 Å². The van der Waals surface area contributed by atoms with E-state index in [4.69, 9.17) is 4.74 Å². The maximum Gasteiger partial charge on any atom is 0.391 e. The van der Waals surface area contributed by atoms with E-state index in [1.54, 1.807) is 0 Å². The van der Waals surface area contributed by atoms with E-state index in [9.17, 15) is 4.79 Å². The molecular formula is C8H16NO2+. The lowest BCUT2D eigenvalue weighted by molar-refractivity contribution is -0.303. The highest BCUT2D eigenvalue weighted by Crippen LogP contribution is 2.12. The number of rotatable bonds is 2. The normalized spacial score (nSPS) is 10.9. The van der Waals surface area contributed by atoms with Crippen LogP contribution in [0.1, 0.15) is 20.8 Å². The van der Waals surface area contributed by atoms with Gasteiger partial charge in [0.15, 0.2) is 0 Å². The van der Waals surface area contributed by atoms with Crippen LogP contribution in [0.2, 0.25) is 0 Å². The molecule has 0 rings (SSSR count). The smallest absolute Gasteiger partial charge is 0.391 e. The quantitative estimate of drug-likeness (QED) is 0.465. The van der Waals surface area contributed by atoms with Gasteiger partial charge in [0, 0.05) is 0 Å². The molecule has 3 heteroatoms. The molecule has 0 aromatic heterocycles. The van der Waals surface area contributed by atoms with Gasteiger partial charge in [-0.15, -0.1) is 0 Å². The fourth-order valence-electron chi connectivity index (χ4n) is 0.384. The molecule has 64 valence electrons. The summed E-state index contributed by atoms with van der Waals surface area (Å²) in [7, 11) is 0. The topological polar surface area (TPSA) is 53.9 Å². The second kappa shape index (κ2) is 3.53. The van der Waals surface area contributed by atoms with Gasteiger partial charge in [-0.3, -0.25) is 0 Å². The molecule has 0 fully saturated rings. The Kier molecular flexibility index (Phi) is 3.26. The van der Waals surface area contributed by atoms with Crippen molar-refractivity contribution in [2.45, 2.75) is 20.8 Å². The minimum Gasteiger partial charge on any atom is -0.458 e. The first-order valence-electron chi connectivity index (χ1n) is 3.51. The Morgan fingerprint density at radius 1 is 1.55 bits per heavy atom. The summed E-state index contributed by atoms with van der Waals surface area (Å²) in [4.78, 5) is 10.8. The van der Waals surface area contributed by atoms with Gasteiger partial charge < -0.3 is 10.5 Å². The second-order valence-electron chi connectivity index (χ2n) is 3.74. The molecule has 0 amide bonds. The van der Waals surface area contributed by atoms with Crippen molar-refractivity contribution in [3.8, 4) is 0 Å². The molecule has 0 heterocycles. The summed E-state index contributed by atoms with van der Waals surface area (Å²) in [5, 5.41) is 0. The number of hydrogen-bond acceptors (Lipinski definition) is 2. The molecule has 11 heavy (non-hydrogen) atoms. The van der Waals surface area contributed by atoms with E-state index in [2.05, 4.69) is 12.3 Å². The highest BCUT2D eigenvalue weighted by molar-refractivity contribution is 5.84.